The lowest BCUT2D eigenvalue weighted by Gasteiger charge is -2.39. The molecule has 0 bridgehead atoms. The number of nitrogens with zero attached hydrogens (tertiary/aromatic N) is 1. The molecule has 1 aliphatic carbocycles. The second-order valence-electron chi connectivity index (χ2n) is 7.91. The third-order valence-corrected chi connectivity index (χ3v) is 5.77. The van der Waals surface area contributed by atoms with Crippen LogP contribution in [0.25, 0.3) is 0 Å². The molecule has 1 fully saturated rings. The van der Waals surface area contributed by atoms with Gasteiger partial charge in [-0.25, -0.2) is 0 Å². The minimum atomic E-state index is -0.430. The lowest BCUT2D eigenvalue weighted by molar-refractivity contribution is 0.0261. The topological polar surface area (TPSA) is 93.5 Å². The Kier molecular flexibility index (Phi) is 4.61. The summed E-state index contributed by atoms with van der Waals surface area (Å²) in [5.41, 5.74) is 2.30. The number of hydrogen-bond acceptors (Lipinski definition) is 5. The summed E-state index contributed by atoms with van der Waals surface area (Å²) in [6.07, 6.45) is 3.08. The number of nitrogens with one attached hydrogen (secondary N) is 2. The van der Waals surface area contributed by atoms with E-state index in [1.165, 1.54) is 0 Å². The van der Waals surface area contributed by atoms with Crippen molar-refractivity contribution in [2.75, 3.05) is 6.54 Å². The average Bonchev–Trinajstić information content (AvgIpc) is 2.94. The Labute approximate surface area is 163 Å². The molecule has 0 radical (unpaired) electrons. The van der Waals surface area contributed by atoms with Crippen LogP contribution in [0.5, 0.6) is 5.75 Å². The summed E-state index contributed by atoms with van der Waals surface area (Å²) in [4.78, 5) is 25.0. The summed E-state index contributed by atoms with van der Waals surface area (Å²) in [5.74, 6) is 0.931. The zero-order valence-electron chi connectivity index (χ0n) is 16.4. The van der Waals surface area contributed by atoms with Gasteiger partial charge in [0.25, 0.3) is 11.8 Å². The van der Waals surface area contributed by atoms with Gasteiger partial charge in [0.15, 0.2) is 0 Å². The highest BCUT2D eigenvalue weighted by atomic mass is 16.5. The molecule has 1 aliphatic heterocycles. The number of carbonyl (C=O) groups is 2. The second-order valence-corrected chi connectivity index (χ2v) is 7.91. The van der Waals surface area contributed by atoms with Crippen LogP contribution in [0.15, 0.2) is 22.7 Å². The summed E-state index contributed by atoms with van der Waals surface area (Å²) < 4.78 is 11.4. The molecule has 1 aromatic carbocycles. The lowest BCUT2D eigenvalue weighted by Crippen LogP contribution is -2.51. The van der Waals surface area contributed by atoms with Crippen molar-refractivity contribution in [2.45, 2.75) is 58.1 Å². The Balaban J connectivity index is 1.44. The van der Waals surface area contributed by atoms with Crippen LogP contribution in [-0.2, 0) is 0 Å². The predicted octanol–water partition coefficient (Wildman–Crippen LogP) is 2.83. The first-order valence-corrected chi connectivity index (χ1v) is 9.68. The van der Waals surface area contributed by atoms with E-state index in [2.05, 4.69) is 15.8 Å². The van der Waals surface area contributed by atoms with Crippen molar-refractivity contribution in [3.05, 3.63) is 46.3 Å². The van der Waals surface area contributed by atoms with Crippen molar-refractivity contribution in [1.82, 2.24) is 15.8 Å². The van der Waals surface area contributed by atoms with Crippen LogP contribution in [0, 0.1) is 20.8 Å². The highest BCUT2D eigenvalue weighted by Crippen LogP contribution is 2.36. The number of ether oxygens (including phenoxy) is 1. The van der Waals surface area contributed by atoms with Gasteiger partial charge in [-0.05, 0) is 58.6 Å². The summed E-state index contributed by atoms with van der Waals surface area (Å²) in [6.45, 7) is 5.94. The number of rotatable bonds is 2. The van der Waals surface area contributed by atoms with E-state index >= 15 is 0 Å². The maximum atomic E-state index is 12.6. The quantitative estimate of drug-likeness (QED) is 0.832. The van der Waals surface area contributed by atoms with Gasteiger partial charge in [0.05, 0.1) is 17.8 Å². The third kappa shape index (κ3) is 3.37. The van der Waals surface area contributed by atoms with Gasteiger partial charge >= 0.3 is 0 Å². The number of fused-ring (bicyclic) bond motifs is 1. The monoisotopic (exact) mass is 383 g/mol. The first kappa shape index (κ1) is 18.5. The van der Waals surface area contributed by atoms with Crippen LogP contribution in [0.2, 0.25) is 0 Å². The molecule has 2 aliphatic rings. The van der Waals surface area contributed by atoms with Gasteiger partial charge in [-0.3, -0.25) is 9.59 Å². The van der Waals surface area contributed by atoms with Crippen molar-refractivity contribution in [1.29, 1.82) is 0 Å². The third-order valence-electron chi connectivity index (χ3n) is 5.77. The predicted molar refractivity (Wildman–Crippen MR) is 103 cm³/mol. The van der Waals surface area contributed by atoms with Crippen LogP contribution < -0.4 is 15.4 Å². The highest BCUT2D eigenvalue weighted by molar-refractivity contribution is 5.97. The lowest BCUT2D eigenvalue weighted by atomic mass is 9.81. The zero-order valence-corrected chi connectivity index (χ0v) is 16.4. The van der Waals surface area contributed by atoms with Gasteiger partial charge in [-0.2, -0.15) is 0 Å². The molecule has 0 saturated heterocycles. The van der Waals surface area contributed by atoms with Gasteiger partial charge in [-0.1, -0.05) is 16.8 Å². The van der Waals surface area contributed by atoms with E-state index in [9.17, 15) is 9.59 Å². The molecule has 0 unspecified atom stereocenters. The maximum absolute atomic E-state index is 12.6. The normalized spacial score (nSPS) is 24.1. The van der Waals surface area contributed by atoms with Gasteiger partial charge in [0.1, 0.15) is 22.7 Å². The highest BCUT2D eigenvalue weighted by Gasteiger charge is 2.41. The minimum absolute atomic E-state index is 0.0619. The first-order chi connectivity index (χ1) is 13.4. The van der Waals surface area contributed by atoms with E-state index in [4.69, 9.17) is 9.26 Å². The largest absolute Gasteiger partial charge is 0.485 e. The van der Waals surface area contributed by atoms with Crippen molar-refractivity contribution >= 4 is 11.8 Å². The number of hydrogen-bond donors (Lipinski definition) is 2. The van der Waals surface area contributed by atoms with Crippen LogP contribution in [-0.4, -0.2) is 35.2 Å². The molecule has 2 N–H and O–H groups in total. The molecule has 28 heavy (non-hydrogen) atoms. The molecular weight excluding hydrogens is 358 g/mol. The molecule has 7 nitrogen and oxygen atoms in total. The standard InChI is InChI=1S/C21H25N3O4/c1-12-4-5-17-16(10-12)19(25)22-11-21(27-17)8-6-15(7-9-21)23-20(26)18-13(2)24-28-14(18)3/h4-5,10,15H,6-9,11H2,1-3H3,(H,22,25)(H,23,26). The van der Waals surface area contributed by atoms with Crippen LogP contribution in [0.3, 0.4) is 0 Å². The van der Waals surface area contributed by atoms with Crippen molar-refractivity contribution in [2.24, 2.45) is 0 Å². The number of aryl methyl sites for hydroxylation is 3. The fraction of sp³-hybridized carbons (Fsp3) is 0.476. The van der Waals surface area contributed by atoms with Gasteiger partial charge in [0, 0.05) is 6.04 Å². The molecule has 2 amide bonds. The number of carbonyl (C=O) groups excluding carboxylic acids is 2. The maximum Gasteiger partial charge on any atom is 0.257 e. The van der Waals surface area contributed by atoms with Crippen molar-refractivity contribution in [3.8, 4) is 5.75 Å². The average molecular weight is 383 g/mol. The number of aromatic nitrogens is 1. The van der Waals surface area contributed by atoms with Crippen molar-refractivity contribution < 1.29 is 18.8 Å². The van der Waals surface area contributed by atoms with Crippen LogP contribution in [0.4, 0.5) is 0 Å². The molecule has 1 saturated carbocycles. The van der Waals surface area contributed by atoms with Crippen LogP contribution in [0.1, 0.15) is 63.4 Å². The SMILES string of the molecule is Cc1ccc2c(c1)C(=O)NCC1(CCC(NC(=O)c3c(C)noc3C)CC1)O2. The summed E-state index contributed by atoms with van der Waals surface area (Å²) in [5, 5.41) is 9.95. The van der Waals surface area contributed by atoms with E-state index < -0.39 is 5.60 Å². The Morgan fingerprint density at radius 1 is 1.25 bits per heavy atom. The Bertz CT molecular complexity index is 906. The molecule has 2 heterocycles. The number of benzene rings is 1. The van der Waals surface area contributed by atoms with Gasteiger partial charge in [0.2, 0.25) is 0 Å². The van der Waals surface area contributed by atoms with Crippen molar-refractivity contribution in [3.63, 3.8) is 0 Å². The smallest absolute Gasteiger partial charge is 0.257 e. The fourth-order valence-electron chi connectivity index (χ4n) is 4.15. The van der Waals surface area contributed by atoms with Gasteiger partial charge < -0.3 is 19.9 Å². The molecule has 148 valence electrons. The molecule has 1 aromatic heterocycles. The molecular formula is C21H25N3O4. The van der Waals surface area contributed by atoms with Crippen LogP contribution >= 0.6 is 0 Å². The van der Waals surface area contributed by atoms with E-state index in [1.54, 1.807) is 13.8 Å². The van der Waals surface area contributed by atoms with E-state index in [-0.39, 0.29) is 17.9 Å². The fourth-order valence-corrected chi connectivity index (χ4v) is 4.15. The molecule has 1 spiro atoms. The molecule has 0 atom stereocenters. The molecule has 4 rings (SSSR count). The minimum Gasteiger partial charge on any atom is -0.485 e. The summed E-state index contributed by atoms with van der Waals surface area (Å²) in [7, 11) is 0. The Hall–Kier alpha value is -2.83. The van der Waals surface area contributed by atoms with E-state index in [1.807, 2.05) is 25.1 Å². The zero-order chi connectivity index (χ0) is 19.9. The van der Waals surface area contributed by atoms with E-state index in [0.717, 1.165) is 31.2 Å². The Morgan fingerprint density at radius 2 is 2.00 bits per heavy atom. The van der Waals surface area contributed by atoms with Gasteiger partial charge in [-0.15, -0.1) is 0 Å². The van der Waals surface area contributed by atoms with E-state index in [0.29, 0.717) is 34.9 Å². The molecule has 2 aromatic rings. The first-order valence-electron chi connectivity index (χ1n) is 9.68. The summed E-state index contributed by atoms with van der Waals surface area (Å²) >= 11 is 0. The Morgan fingerprint density at radius 3 is 2.68 bits per heavy atom. The number of amides is 2. The molecule has 7 heteroatoms. The second kappa shape index (κ2) is 6.96. The summed E-state index contributed by atoms with van der Waals surface area (Å²) in [6, 6.07) is 5.76.